The predicted molar refractivity (Wildman–Crippen MR) is 111 cm³/mol. The first-order valence-electron chi connectivity index (χ1n) is 8.13. The molecule has 2 aromatic carbocycles. The molecule has 0 radical (unpaired) electrons. The van der Waals surface area contributed by atoms with Crippen LogP contribution in [0.2, 0.25) is 0 Å². The maximum absolute atomic E-state index is 12.3. The van der Waals surface area contributed by atoms with Crippen molar-refractivity contribution in [1.82, 2.24) is 5.48 Å². The minimum absolute atomic E-state index is 0.0867. The molecule has 2 aromatic rings. The summed E-state index contributed by atoms with van der Waals surface area (Å²) in [6.45, 7) is 1.93. The number of hydrogen-bond acceptors (Lipinski definition) is 5. The number of carbonyl (C=O) groups is 2. The van der Waals surface area contributed by atoms with Gasteiger partial charge in [-0.25, -0.2) is 10.3 Å². The number of phenols is 1. The number of anilines is 1. The minimum atomic E-state index is -0.887. The average molecular weight is 514 g/mol. The molecule has 2 amide bonds. The standard InChI is InChI=1S/C19H18Br2N2O5/c1-11-5-7-13(8-6-11)22-19(26)28-16(3-2-4-17(24)23-27)14-9-12(20)10-15(21)18(14)25/h2,4-10,16,25,27H,3H2,1H3,(H,22,26)(H,23,24)/b4-2+/t16-/m0/s1. The molecule has 2 rings (SSSR count). The summed E-state index contributed by atoms with van der Waals surface area (Å²) >= 11 is 6.58. The van der Waals surface area contributed by atoms with Gasteiger partial charge in [-0.3, -0.25) is 15.3 Å². The number of aromatic hydroxyl groups is 1. The van der Waals surface area contributed by atoms with Crippen LogP contribution in [0.1, 0.15) is 23.7 Å². The van der Waals surface area contributed by atoms with E-state index in [0.29, 0.717) is 20.2 Å². The van der Waals surface area contributed by atoms with Crippen molar-refractivity contribution in [2.75, 3.05) is 5.32 Å². The van der Waals surface area contributed by atoms with Gasteiger partial charge in [0.1, 0.15) is 11.9 Å². The van der Waals surface area contributed by atoms with Crippen LogP contribution in [0.5, 0.6) is 5.75 Å². The fourth-order valence-corrected chi connectivity index (χ4v) is 3.58. The van der Waals surface area contributed by atoms with Crippen molar-refractivity contribution in [1.29, 1.82) is 0 Å². The van der Waals surface area contributed by atoms with Crippen molar-refractivity contribution < 1.29 is 24.6 Å². The van der Waals surface area contributed by atoms with Crippen LogP contribution in [-0.2, 0) is 9.53 Å². The Hall–Kier alpha value is -2.36. The summed E-state index contributed by atoms with van der Waals surface area (Å²) in [6, 6.07) is 10.4. The van der Waals surface area contributed by atoms with Gasteiger partial charge in [-0.2, -0.15) is 0 Å². The van der Waals surface area contributed by atoms with Gasteiger partial charge in [-0.15, -0.1) is 0 Å². The SMILES string of the molecule is Cc1ccc(NC(=O)O[C@@H](C/C=C/C(=O)NO)c2cc(Br)cc(Br)c2O)cc1. The molecule has 4 N–H and O–H groups in total. The van der Waals surface area contributed by atoms with Crippen LogP contribution in [0.4, 0.5) is 10.5 Å². The lowest BCUT2D eigenvalue weighted by atomic mass is 10.0. The molecular weight excluding hydrogens is 496 g/mol. The molecule has 0 saturated heterocycles. The number of carbonyl (C=O) groups excluding carboxylic acids is 2. The van der Waals surface area contributed by atoms with Crippen molar-refractivity contribution in [3.8, 4) is 5.75 Å². The van der Waals surface area contributed by atoms with Gasteiger partial charge >= 0.3 is 6.09 Å². The average Bonchev–Trinajstić information content (AvgIpc) is 2.65. The number of phenolic OH excluding ortho intramolecular Hbond substituents is 1. The lowest BCUT2D eigenvalue weighted by Crippen LogP contribution is -2.18. The van der Waals surface area contributed by atoms with Crippen LogP contribution in [0, 0.1) is 6.92 Å². The van der Waals surface area contributed by atoms with Crippen molar-refractivity contribution in [3.63, 3.8) is 0 Å². The molecule has 0 bridgehead atoms. The maximum atomic E-state index is 12.3. The highest BCUT2D eigenvalue weighted by atomic mass is 79.9. The lowest BCUT2D eigenvalue weighted by molar-refractivity contribution is -0.124. The normalized spacial score (nSPS) is 11.9. The third-order valence-electron chi connectivity index (χ3n) is 3.68. The fourth-order valence-electron chi connectivity index (χ4n) is 2.32. The Morgan fingerprint density at radius 2 is 1.89 bits per heavy atom. The smallest absolute Gasteiger partial charge is 0.412 e. The molecule has 0 aliphatic carbocycles. The molecule has 0 saturated carbocycles. The lowest BCUT2D eigenvalue weighted by Gasteiger charge is -2.19. The Morgan fingerprint density at radius 3 is 2.54 bits per heavy atom. The number of rotatable bonds is 6. The summed E-state index contributed by atoms with van der Waals surface area (Å²) in [5, 5.41) is 21.5. The number of hydroxylamine groups is 1. The quantitative estimate of drug-likeness (QED) is 0.248. The van der Waals surface area contributed by atoms with Gasteiger partial charge in [0.25, 0.3) is 5.91 Å². The second-order valence-electron chi connectivity index (χ2n) is 5.82. The van der Waals surface area contributed by atoms with Gasteiger partial charge in [0.05, 0.1) is 4.47 Å². The first-order valence-corrected chi connectivity index (χ1v) is 9.71. The van der Waals surface area contributed by atoms with E-state index in [1.165, 1.54) is 11.6 Å². The molecule has 7 nitrogen and oxygen atoms in total. The van der Waals surface area contributed by atoms with E-state index in [-0.39, 0.29) is 12.2 Å². The molecule has 1 atom stereocenters. The Labute approximate surface area is 178 Å². The van der Waals surface area contributed by atoms with Crippen molar-refractivity contribution >= 4 is 49.5 Å². The first-order chi connectivity index (χ1) is 13.3. The van der Waals surface area contributed by atoms with E-state index in [1.807, 2.05) is 19.1 Å². The zero-order valence-electron chi connectivity index (χ0n) is 14.8. The molecule has 0 aliphatic rings. The molecule has 0 fully saturated rings. The molecular formula is C19H18Br2N2O5. The molecule has 0 spiro atoms. The Kier molecular flexibility index (Phi) is 8.04. The predicted octanol–water partition coefficient (Wildman–Crippen LogP) is 4.97. The van der Waals surface area contributed by atoms with E-state index in [4.69, 9.17) is 9.94 Å². The third kappa shape index (κ3) is 6.36. The van der Waals surface area contributed by atoms with Gasteiger partial charge in [0.2, 0.25) is 0 Å². The van der Waals surface area contributed by atoms with Crippen LogP contribution >= 0.6 is 31.9 Å². The second-order valence-corrected chi connectivity index (χ2v) is 7.59. The van der Waals surface area contributed by atoms with E-state index in [2.05, 4.69) is 37.2 Å². The van der Waals surface area contributed by atoms with E-state index >= 15 is 0 Å². The topological polar surface area (TPSA) is 108 Å². The van der Waals surface area contributed by atoms with Crippen LogP contribution < -0.4 is 10.8 Å². The van der Waals surface area contributed by atoms with Crippen LogP contribution in [0.15, 0.2) is 57.5 Å². The van der Waals surface area contributed by atoms with E-state index < -0.39 is 18.1 Å². The van der Waals surface area contributed by atoms with Gasteiger partial charge in [-0.1, -0.05) is 39.7 Å². The monoisotopic (exact) mass is 512 g/mol. The summed E-state index contributed by atoms with van der Waals surface area (Å²) in [5.41, 5.74) is 3.43. The van der Waals surface area contributed by atoms with Crippen LogP contribution in [-0.4, -0.2) is 22.3 Å². The number of benzene rings is 2. The zero-order chi connectivity index (χ0) is 20.7. The number of nitrogens with one attached hydrogen (secondary N) is 2. The Balaban J connectivity index is 2.22. The Bertz CT molecular complexity index is 885. The molecule has 28 heavy (non-hydrogen) atoms. The first kappa shape index (κ1) is 21.9. The third-order valence-corrected chi connectivity index (χ3v) is 4.74. The van der Waals surface area contributed by atoms with Crippen LogP contribution in [0.25, 0.3) is 0 Å². The van der Waals surface area contributed by atoms with Crippen molar-refractivity contribution in [2.45, 2.75) is 19.4 Å². The summed E-state index contributed by atoms with van der Waals surface area (Å²) in [6.07, 6.45) is 0.999. The highest BCUT2D eigenvalue weighted by Crippen LogP contribution is 2.38. The second kappa shape index (κ2) is 10.3. The number of hydrogen-bond donors (Lipinski definition) is 4. The number of halogens is 2. The minimum Gasteiger partial charge on any atom is -0.506 e. The molecule has 0 heterocycles. The van der Waals surface area contributed by atoms with E-state index in [0.717, 1.165) is 11.6 Å². The Morgan fingerprint density at radius 1 is 1.21 bits per heavy atom. The summed E-state index contributed by atoms with van der Waals surface area (Å²) in [7, 11) is 0. The summed E-state index contributed by atoms with van der Waals surface area (Å²) < 4.78 is 6.56. The highest BCUT2D eigenvalue weighted by molar-refractivity contribution is 9.11. The molecule has 0 aliphatic heterocycles. The van der Waals surface area contributed by atoms with Crippen LogP contribution in [0.3, 0.4) is 0 Å². The summed E-state index contributed by atoms with van der Waals surface area (Å²) in [4.78, 5) is 23.5. The highest BCUT2D eigenvalue weighted by Gasteiger charge is 2.21. The van der Waals surface area contributed by atoms with Crippen molar-refractivity contribution in [2.24, 2.45) is 0 Å². The van der Waals surface area contributed by atoms with Gasteiger partial charge < -0.3 is 9.84 Å². The van der Waals surface area contributed by atoms with Gasteiger partial charge in [0, 0.05) is 28.2 Å². The van der Waals surface area contributed by atoms with Gasteiger partial charge in [0.15, 0.2) is 0 Å². The number of amides is 2. The fraction of sp³-hybridized carbons (Fsp3) is 0.158. The largest absolute Gasteiger partial charge is 0.506 e. The number of aryl methyl sites for hydroxylation is 1. The summed E-state index contributed by atoms with van der Waals surface area (Å²) in [5.74, 6) is -0.807. The molecule has 9 heteroatoms. The number of ether oxygens (including phenoxy) is 1. The molecule has 148 valence electrons. The zero-order valence-corrected chi connectivity index (χ0v) is 18.0. The molecule has 0 aromatic heterocycles. The maximum Gasteiger partial charge on any atom is 0.412 e. The van der Waals surface area contributed by atoms with Crippen molar-refractivity contribution in [3.05, 3.63) is 68.6 Å². The van der Waals surface area contributed by atoms with E-state index in [9.17, 15) is 14.7 Å². The molecule has 0 unspecified atom stereocenters. The van der Waals surface area contributed by atoms with Gasteiger partial charge in [-0.05, 0) is 47.1 Å². The van der Waals surface area contributed by atoms with E-state index in [1.54, 1.807) is 24.3 Å².